The largest absolute Gasteiger partial charge is 0.336 e. The molecule has 0 saturated heterocycles. The summed E-state index contributed by atoms with van der Waals surface area (Å²) in [4.78, 5) is 16.2. The van der Waals surface area contributed by atoms with Gasteiger partial charge in [0.1, 0.15) is 0 Å². The van der Waals surface area contributed by atoms with Gasteiger partial charge in [0.15, 0.2) is 0 Å². The van der Waals surface area contributed by atoms with Crippen LogP contribution in [-0.4, -0.2) is 27.8 Å². The third-order valence-corrected chi connectivity index (χ3v) is 5.75. The Morgan fingerprint density at radius 2 is 2.00 bits per heavy atom. The summed E-state index contributed by atoms with van der Waals surface area (Å²) in [6.45, 7) is 5.13. The van der Waals surface area contributed by atoms with Crippen molar-refractivity contribution in [2.24, 2.45) is 5.92 Å². The van der Waals surface area contributed by atoms with Gasteiger partial charge in [0.2, 0.25) is 0 Å². The van der Waals surface area contributed by atoms with Crippen LogP contribution < -0.4 is 0 Å². The van der Waals surface area contributed by atoms with Crippen LogP contribution in [-0.2, 0) is 0 Å². The topological polar surface area (TPSA) is 33.2 Å². The molecule has 0 aliphatic heterocycles. The molecule has 0 N–H and O–H groups in total. The second-order valence-electron chi connectivity index (χ2n) is 6.35. The van der Waals surface area contributed by atoms with Crippen molar-refractivity contribution in [1.29, 1.82) is 0 Å². The molecule has 4 heteroatoms. The normalized spacial score (nSPS) is 21.1. The lowest BCUT2D eigenvalue weighted by Crippen LogP contribution is -2.45. The van der Waals surface area contributed by atoms with Crippen molar-refractivity contribution in [2.45, 2.75) is 45.6 Å². The molecule has 1 aromatic carbocycles. The van der Waals surface area contributed by atoms with Crippen LogP contribution in [0.25, 0.3) is 10.4 Å². The molecule has 1 aliphatic carbocycles. The van der Waals surface area contributed by atoms with E-state index in [4.69, 9.17) is 0 Å². The van der Waals surface area contributed by atoms with Crippen molar-refractivity contribution < 1.29 is 4.79 Å². The molecule has 1 amide bonds. The quantitative estimate of drug-likeness (QED) is 0.803. The summed E-state index contributed by atoms with van der Waals surface area (Å²) >= 11 is 1.41. The summed E-state index contributed by atoms with van der Waals surface area (Å²) in [6.07, 6.45) is 6.61. The summed E-state index contributed by atoms with van der Waals surface area (Å²) in [5.41, 5.74) is 1.83. The van der Waals surface area contributed by atoms with Gasteiger partial charge in [-0.2, -0.15) is 4.37 Å². The molecule has 1 heterocycles. The molecule has 2 aromatic rings. The Kier molecular flexibility index (Phi) is 5.11. The van der Waals surface area contributed by atoms with Crippen molar-refractivity contribution in [1.82, 2.24) is 9.27 Å². The molecule has 23 heavy (non-hydrogen) atoms. The Hall–Kier alpha value is -1.68. The van der Waals surface area contributed by atoms with Gasteiger partial charge in [-0.25, -0.2) is 0 Å². The molecule has 1 saturated carbocycles. The first-order valence-electron chi connectivity index (χ1n) is 8.53. The van der Waals surface area contributed by atoms with E-state index in [9.17, 15) is 4.79 Å². The van der Waals surface area contributed by atoms with E-state index in [2.05, 4.69) is 23.1 Å². The van der Waals surface area contributed by atoms with E-state index in [-0.39, 0.29) is 5.91 Å². The maximum atomic E-state index is 13.2. The second-order valence-corrected chi connectivity index (χ2v) is 7.16. The molecular formula is C19H24N2OS. The number of nitrogens with zero attached hydrogens (tertiary/aromatic N) is 2. The van der Waals surface area contributed by atoms with Crippen molar-refractivity contribution in [2.75, 3.05) is 6.54 Å². The summed E-state index contributed by atoms with van der Waals surface area (Å²) in [6, 6.07) is 10.5. The van der Waals surface area contributed by atoms with Crippen LogP contribution in [0.5, 0.6) is 0 Å². The first-order valence-corrected chi connectivity index (χ1v) is 9.30. The van der Waals surface area contributed by atoms with Crippen LogP contribution in [0.2, 0.25) is 0 Å². The molecule has 0 bridgehead atoms. The van der Waals surface area contributed by atoms with Gasteiger partial charge < -0.3 is 4.90 Å². The van der Waals surface area contributed by atoms with Gasteiger partial charge >= 0.3 is 0 Å². The molecule has 1 aromatic heterocycles. The van der Waals surface area contributed by atoms with Gasteiger partial charge in [-0.05, 0) is 42.8 Å². The minimum atomic E-state index is 0.138. The molecule has 3 rings (SSSR count). The lowest BCUT2D eigenvalue weighted by Gasteiger charge is -2.38. The van der Waals surface area contributed by atoms with Crippen molar-refractivity contribution in [3.05, 3.63) is 42.1 Å². The van der Waals surface area contributed by atoms with Crippen molar-refractivity contribution >= 4 is 17.4 Å². The third-order valence-electron chi connectivity index (χ3n) is 4.90. The zero-order chi connectivity index (χ0) is 16.2. The first-order chi connectivity index (χ1) is 11.2. The molecule has 0 spiro atoms. The highest BCUT2D eigenvalue weighted by atomic mass is 32.1. The molecule has 3 nitrogen and oxygen atoms in total. The molecular weight excluding hydrogens is 304 g/mol. The van der Waals surface area contributed by atoms with E-state index in [1.807, 2.05) is 30.3 Å². The van der Waals surface area contributed by atoms with E-state index >= 15 is 0 Å². The van der Waals surface area contributed by atoms with Gasteiger partial charge in [-0.15, -0.1) is 0 Å². The highest BCUT2D eigenvalue weighted by molar-refractivity contribution is 7.10. The van der Waals surface area contributed by atoms with Crippen LogP contribution in [0.1, 0.15) is 49.9 Å². The van der Waals surface area contributed by atoms with Crippen LogP contribution in [0.15, 0.2) is 36.5 Å². The number of carbonyl (C=O) groups excluding carboxylic acids is 1. The van der Waals surface area contributed by atoms with Crippen LogP contribution in [0.3, 0.4) is 0 Å². The fraction of sp³-hybridized carbons (Fsp3) is 0.474. The zero-order valence-electron chi connectivity index (χ0n) is 13.9. The standard InChI is InChI=1S/C19H24N2OS/c1-3-21(17-12-8-7-9-14(17)2)19(22)16-13-20-23-18(16)15-10-5-4-6-11-15/h4-6,10-11,13-14,17H,3,7-9,12H2,1-2H3. The van der Waals surface area contributed by atoms with Crippen molar-refractivity contribution in [3.63, 3.8) is 0 Å². The maximum absolute atomic E-state index is 13.2. The Balaban J connectivity index is 1.89. The van der Waals surface area contributed by atoms with Gasteiger partial charge in [0.05, 0.1) is 16.6 Å². The average Bonchev–Trinajstić information content (AvgIpc) is 3.07. The first kappa shape index (κ1) is 16.2. The molecule has 0 radical (unpaired) electrons. The number of benzene rings is 1. The van der Waals surface area contributed by atoms with E-state index in [0.717, 1.165) is 29.0 Å². The van der Waals surface area contributed by atoms with Crippen molar-refractivity contribution in [3.8, 4) is 10.4 Å². The summed E-state index contributed by atoms with van der Waals surface area (Å²) in [7, 11) is 0. The number of hydrogen-bond acceptors (Lipinski definition) is 3. The highest BCUT2D eigenvalue weighted by Crippen LogP contribution is 2.32. The third kappa shape index (κ3) is 3.32. The van der Waals surface area contributed by atoms with Crippen LogP contribution >= 0.6 is 11.5 Å². The predicted octanol–water partition coefficient (Wildman–Crippen LogP) is 4.85. The minimum absolute atomic E-state index is 0.138. The molecule has 2 unspecified atom stereocenters. The lowest BCUT2D eigenvalue weighted by atomic mass is 9.84. The Morgan fingerprint density at radius 1 is 1.26 bits per heavy atom. The number of rotatable bonds is 4. The highest BCUT2D eigenvalue weighted by Gasteiger charge is 2.31. The van der Waals surface area contributed by atoms with Gasteiger partial charge in [0.25, 0.3) is 5.91 Å². The summed E-state index contributed by atoms with van der Waals surface area (Å²) < 4.78 is 4.29. The fourth-order valence-corrected chi connectivity index (χ4v) is 4.38. The predicted molar refractivity (Wildman–Crippen MR) is 95.7 cm³/mol. The minimum Gasteiger partial charge on any atom is -0.336 e. The lowest BCUT2D eigenvalue weighted by molar-refractivity contribution is 0.0571. The van der Waals surface area contributed by atoms with E-state index < -0.39 is 0 Å². The molecule has 122 valence electrons. The number of aromatic nitrogens is 1. The van der Waals surface area contributed by atoms with E-state index in [0.29, 0.717) is 12.0 Å². The van der Waals surface area contributed by atoms with E-state index in [1.165, 1.54) is 30.8 Å². The van der Waals surface area contributed by atoms with Gasteiger partial charge in [0, 0.05) is 12.6 Å². The fourth-order valence-electron chi connectivity index (χ4n) is 3.63. The molecule has 1 aliphatic rings. The average molecular weight is 328 g/mol. The Bertz CT molecular complexity index is 652. The molecule has 2 atom stereocenters. The second kappa shape index (κ2) is 7.26. The Morgan fingerprint density at radius 3 is 2.70 bits per heavy atom. The maximum Gasteiger partial charge on any atom is 0.257 e. The van der Waals surface area contributed by atoms with Crippen LogP contribution in [0, 0.1) is 5.92 Å². The number of carbonyl (C=O) groups is 1. The number of amides is 1. The van der Waals surface area contributed by atoms with Crippen LogP contribution in [0.4, 0.5) is 0 Å². The Labute approximate surface area is 142 Å². The van der Waals surface area contributed by atoms with E-state index in [1.54, 1.807) is 6.20 Å². The smallest absolute Gasteiger partial charge is 0.257 e. The summed E-state index contributed by atoms with van der Waals surface area (Å²) in [5.74, 6) is 0.721. The monoisotopic (exact) mass is 328 g/mol. The summed E-state index contributed by atoms with van der Waals surface area (Å²) in [5, 5.41) is 0. The molecule has 1 fully saturated rings. The van der Waals surface area contributed by atoms with Gasteiger partial charge in [-0.1, -0.05) is 50.1 Å². The zero-order valence-corrected chi connectivity index (χ0v) is 14.7. The number of hydrogen-bond donors (Lipinski definition) is 0. The SMILES string of the molecule is CCN(C(=O)c1cnsc1-c1ccccc1)C1CCCCC1C. The van der Waals surface area contributed by atoms with Gasteiger partial charge in [-0.3, -0.25) is 4.79 Å².